The third kappa shape index (κ3) is 4.05. The lowest BCUT2D eigenvalue weighted by atomic mass is 10.1. The zero-order valence-electron chi connectivity index (χ0n) is 14.5. The number of aromatic nitrogens is 1. The van der Waals surface area contributed by atoms with Crippen LogP contribution in [0.5, 0.6) is 0 Å². The Balaban J connectivity index is 1.76. The van der Waals surface area contributed by atoms with Crippen molar-refractivity contribution in [3.63, 3.8) is 0 Å². The van der Waals surface area contributed by atoms with Crippen molar-refractivity contribution in [2.24, 2.45) is 0 Å². The van der Waals surface area contributed by atoms with E-state index in [-0.39, 0.29) is 11.8 Å². The molecule has 1 aromatic heterocycles. The normalized spacial score (nSPS) is 14.2. The number of pyridine rings is 1. The number of carbonyl (C=O) groups excluding carboxylic acids is 2. The second-order valence-corrected chi connectivity index (χ2v) is 6.27. The molecule has 0 radical (unpaired) electrons. The highest BCUT2D eigenvalue weighted by Gasteiger charge is 2.19. The Kier molecular flexibility index (Phi) is 5.43. The van der Waals surface area contributed by atoms with Gasteiger partial charge in [-0.1, -0.05) is 13.0 Å². The van der Waals surface area contributed by atoms with E-state index in [9.17, 15) is 9.59 Å². The van der Waals surface area contributed by atoms with E-state index in [0.717, 1.165) is 43.6 Å². The van der Waals surface area contributed by atoms with Crippen LogP contribution in [0.3, 0.4) is 0 Å². The topological polar surface area (TPSA) is 62.3 Å². The Hall–Kier alpha value is -2.69. The molecule has 2 aromatic rings. The van der Waals surface area contributed by atoms with Crippen LogP contribution in [0.15, 0.2) is 42.7 Å². The van der Waals surface area contributed by atoms with Crippen LogP contribution >= 0.6 is 0 Å². The molecule has 3 rings (SSSR count). The highest BCUT2D eigenvalue weighted by Crippen LogP contribution is 2.17. The van der Waals surface area contributed by atoms with E-state index >= 15 is 0 Å². The fraction of sp³-hybridized carbons (Fsp3) is 0.350. The van der Waals surface area contributed by atoms with Gasteiger partial charge in [-0.15, -0.1) is 0 Å². The van der Waals surface area contributed by atoms with Gasteiger partial charge >= 0.3 is 0 Å². The van der Waals surface area contributed by atoms with E-state index in [1.165, 1.54) is 6.42 Å². The Morgan fingerprint density at radius 1 is 1.12 bits per heavy atom. The number of carbonyl (C=O) groups is 2. The van der Waals surface area contributed by atoms with Crippen LogP contribution < -0.4 is 5.32 Å². The van der Waals surface area contributed by atoms with Gasteiger partial charge < -0.3 is 10.2 Å². The van der Waals surface area contributed by atoms with Gasteiger partial charge in [-0.3, -0.25) is 14.6 Å². The zero-order chi connectivity index (χ0) is 17.6. The van der Waals surface area contributed by atoms with E-state index < -0.39 is 0 Å². The van der Waals surface area contributed by atoms with Gasteiger partial charge in [0.15, 0.2) is 0 Å². The molecule has 1 aromatic carbocycles. The maximum atomic E-state index is 12.6. The molecule has 0 unspecified atom stereocenters. The maximum Gasteiger partial charge on any atom is 0.255 e. The van der Waals surface area contributed by atoms with E-state index in [0.29, 0.717) is 11.1 Å². The average molecular weight is 337 g/mol. The second kappa shape index (κ2) is 7.92. The molecule has 5 heteroatoms. The largest absolute Gasteiger partial charge is 0.339 e. The van der Waals surface area contributed by atoms with Crippen LogP contribution in [0.2, 0.25) is 0 Å². The number of hydrogen-bond donors (Lipinski definition) is 1. The Labute approximate surface area is 148 Å². The number of likely N-dealkylation sites (tertiary alicyclic amines) is 1. The SMILES string of the molecule is CCc1cnccc1NC(=O)c1cccc(C(=O)N2CCCCC2)c1. The average Bonchev–Trinajstić information content (AvgIpc) is 2.68. The van der Waals surface area contributed by atoms with Gasteiger partial charge in [-0.2, -0.15) is 0 Å². The van der Waals surface area contributed by atoms with Crippen LogP contribution in [0.4, 0.5) is 5.69 Å². The van der Waals surface area contributed by atoms with Crippen LogP contribution in [0.1, 0.15) is 52.5 Å². The number of nitrogens with one attached hydrogen (secondary N) is 1. The summed E-state index contributed by atoms with van der Waals surface area (Å²) in [4.78, 5) is 31.2. The molecule has 1 fully saturated rings. The molecular formula is C20H23N3O2. The number of rotatable bonds is 4. The maximum absolute atomic E-state index is 12.6. The number of anilines is 1. The number of amides is 2. The van der Waals surface area contributed by atoms with Crippen molar-refractivity contribution >= 4 is 17.5 Å². The molecule has 0 saturated carbocycles. The molecule has 1 N–H and O–H groups in total. The van der Waals surface area contributed by atoms with Crippen molar-refractivity contribution < 1.29 is 9.59 Å². The standard InChI is InChI=1S/C20H23N3O2/c1-2-15-14-21-10-9-18(15)22-19(24)16-7-6-8-17(13-16)20(25)23-11-4-3-5-12-23/h6-10,13-14H,2-5,11-12H2,1H3,(H,21,22,24). The molecule has 1 aliphatic rings. The number of aryl methyl sites for hydroxylation is 1. The van der Waals surface area contributed by atoms with E-state index in [4.69, 9.17) is 0 Å². The molecule has 0 spiro atoms. The lowest BCUT2D eigenvalue weighted by Crippen LogP contribution is -2.35. The first-order valence-corrected chi connectivity index (χ1v) is 8.82. The molecule has 25 heavy (non-hydrogen) atoms. The Bertz CT molecular complexity index is 767. The third-order valence-electron chi connectivity index (χ3n) is 4.55. The molecule has 5 nitrogen and oxygen atoms in total. The van der Waals surface area contributed by atoms with Gasteiger partial charge in [0.1, 0.15) is 0 Å². The molecule has 1 aliphatic heterocycles. The smallest absolute Gasteiger partial charge is 0.255 e. The summed E-state index contributed by atoms with van der Waals surface area (Å²) in [5.41, 5.74) is 2.80. The van der Waals surface area contributed by atoms with E-state index in [1.54, 1.807) is 42.7 Å². The third-order valence-corrected chi connectivity index (χ3v) is 4.55. The summed E-state index contributed by atoms with van der Waals surface area (Å²) in [6, 6.07) is 8.74. The summed E-state index contributed by atoms with van der Waals surface area (Å²) in [7, 11) is 0. The minimum atomic E-state index is -0.214. The predicted molar refractivity (Wildman–Crippen MR) is 97.8 cm³/mol. The summed E-state index contributed by atoms with van der Waals surface area (Å²) in [5.74, 6) is -0.207. The fourth-order valence-corrected chi connectivity index (χ4v) is 3.10. The van der Waals surface area contributed by atoms with E-state index in [2.05, 4.69) is 10.3 Å². The van der Waals surface area contributed by atoms with Crippen molar-refractivity contribution in [3.05, 3.63) is 59.4 Å². The van der Waals surface area contributed by atoms with Crippen molar-refractivity contribution in [1.82, 2.24) is 9.88 Å². The molecule has 1 saturated heterocycles. The first kappa shape index (κ1) is 17.1. The van der Waals surface area contributed by atoms with Gasteiger partial charge in [0.25, 0.3) is 11.8 Å². The zero-order valence-corrected chi connectivity index (χ0v) is 14.5. The van der Waals surface area contributed by atoms with E-state index in [1.807, 2.05) is 11.8 Å². The van der Waals surface area contributed by atoms with Crippen LogP contribution in [0.25, 0.3) is 0 Å². The van der Waals surface area contributed by atoms with Crippen LogP contribution in [0, 0.1) is 0 Å². The quantitative estimate of drug-likeness (QED) is 0.928. The first-order valence-electron chi connectivity index (χ1n) is 8.82. The van der Waals surface area contributed by atoms with Crippen molar-refractivity contribution in [2.45, 2.75) is 32.6 Å². The van der Waals surface area contributed by atoms with Crippen LogP contribution in [-0.2, 0) is 6.42 Å². The lowest BCUT2D eigenvalue weighted by Gasteiger charge is -2.26. The molecule has 0 atom stereocenters. The van der Waals surface area contributed by atoms with Crippen molar-refractivity contribution in [3.8, 4) is 0 Å². The molecule has 130 valence electrons. The number of hydrogen-bond acceptors (Lipinski definition) is 3. The summed E-state index contributed by atoms with van der Waals surface area (Å²) in [6.07, 6.45) is 7.48. The monoisotopic (exact) mass is 337 g/mol. The summed E-state index contributed by atoms with van der Waals surface area (Å²) in [5, 5.41) is 2.92. The summed E-state index contributed by atoms with van der Waals surface area (Å²) >= 11 is 0. The highest BCUT2D eigenvalue weighted by molar-refractivity contribution is 6.06. The first-order chi connectivity index (χ1) is 12.2. The molecule has 2 heterocycles. The summed E-state index contributed by atoms with van der Waals surface area (Å²) < 4.78 is 0. The molecular weight excluding hydrogens is 314 g/mol. The predicted octanol–water partition coefficient (Wildman–Crippen LogP) is 3.52. The molecule has 0 bridgehead atoms. The molecule has 2 amide bonds. The molecule has 0 aliphatic carbocycles. The van der Waals surface area contributed by atoms with Gasteiger partial charge in [0, 0.05) is 42.3 Å². The van der Waals surface area contributed by atoms with Gasteiger partial charge in [0.05, 0.1) is 0 Å². The van der Waals surface area contributed by atoms with Gasteiger partial charge in [0.2, 0.25) is 0 Å². The Morgan fingerprint density at radius 3 is 2.64 bits per heavy atom. The van der Waals surface area contributed by atoms with Crippen LogP contribution in [-0.4, -0.2) is 34.8 Å². The minimum absolute atomic E-state index is 0.00695. The van der Waals surface area contributed by atoms with Gasteiger partial charge in [-0.25, -0.2) is 0 Å². The number of nitrogens with zero attached hydrogens (tertiary/aromatic N) is 2. The Morgan fingerprint density at radius 2 is 1.88 bits per heavy atom. The minimum Gasteiger partial charge on any atom is -0.339 e. The highest BCUT2D eigenvalue weighted by atomic mass is 16.2. The fourth-order valence-electron chi connectivity index (χ4n) is 3.10. The number of piperidine rings is 1. The van der Waals surface area contributed by atoms with Crippen molar-refractivity contribution in [2.75, 3.05) is 18.4 Å². The number of benzene rings is 1. The second-order valence-electron chi connectivity index (χ2n) is 6.27. The van der Waals surface area contributed by atoms with Gasteiger partial charge in [-0.05, 0) is 55.5 Å². The lowest BCUT2D eigenvalue weighted by molar-refractivity contribution is 0.0724. The van der Waals surface area contributed by atoms with Crippen molar-refractivity contribution in [1.29, 1.82) is 0 Å². The summed E-state index contributed by atoms with van der Waals surface area (Å²) in [6.45, 7) is 3.61.